The van der Waals surface area contributed by atoms with Crippen LogP contribution in [0.2, 0.25) is 0 Å². The first kappa shape index (κ1) is 11.2. The number of likely N-dealkylation sites (tertiary alicyclic amines) is 1. The van der Waals surface area contributed by atoms with Crippen molar-refractivity contribution in [3.05, 3.63) is 35.9 Å². The predicted octanol–water partition coefficient (Wildman–Crippen LogP) is 2.39. The van der Waals surface area contributed by atoms with Crippen molar-refractivity contribution in [2.24, 2.45) is 11.1 Å². The summed E-state index contributed by atoms with van der Waals surface area (Å²) in [5.74, 6) is 0. The van der Waals surface area contributed by atoms with E-state index in [1.54, 1.807) is 0 Å². The van der Waals surface area contributed by atoms with Gasteiger partial charge in [-0.3, -0.25) is 4.90 Å². The summed E-state index contributed by atoms with van der Waals surface area (Å²) < 4.78 is 0. The Balaban J connectivity index is 1.59. The molecule has 3 rings (SSSR count). The molecule has 1 heterocycles. The van der Waals surface area contributed by atoms with Crippen molar-refractivity contribution in [1.82, 2.24) is 4.90 Å². The first-order valence-electron chi connectivity index (χ1n) is 6.80. The van der Waals surface area contributed by atoms with E-state index in [4.69, 9.17) is 5.73 Å². The first-order valence-corrected chi connectivity index (χ1v) is 6.80. The van der Waals surface area contributed by atoms with Gasteiger partial charge in [-0.25, -0.2) is 0 Å². The van der Waals surface area contributed by atoms with Crippen molar-refractivity contribution in [2.75, 3.05) is 13.1 Å². The van der Waals surface area contributed by atoms with Crippen LogP contribution < -0.4 is 5.73 Å². The van der Waals surface area contributed by atoms with Gasteiger partial charge in [0.15, 0.2) is 0 Å². The van der Waals surface area contributed by atoms with Gasteiger partial charge in [-0.05, 0) is 49.8 Å². The van der Waals surface area contributed by atoms with Gasteiger partial charge in [-0.15, -0.1) is 0 Å². The van der Waals surface area contributed by atoms with E-state index in [1.807, 2.05) is 0 Å². The standard InChI is InChI=1S/C15H22N2/c16-14-11-15(14)7-4-9-17(10-8-15)12-13-5-2-1-3-6-13/h1-3,5-6,14H,4,7-12,16H2. The molecule has 2 heteroatoms. The van der Waals surface area contributed by atoms with Gasteiger partial charge >= 0.3 is 0 Å². The normalized spacial score (nSPS) is 33.6. The highest BCUT2D eigenvalue weighted by molar-refractivity contribution is 5.15. The van der Waals surface area contributed by atoms with Gasteiger partial charge in [0.05, 0.1) is 0 Å². The van der Waals surface area contributed by atoms with Crippen molar-refractivity contribution in [1.29, 1.82) is 0 Å². The minimum Gasteiger partial charge on any atom is -0.327 e. The van der Waals surface area contributed by atoms with Crippen molar-refractivity contribution >= 4 is 0 Å². The lowest BCUT2D eigenvalue weighted by molar-refractivity contribution is 0.270. The zero-order chi connectivity index (χ0) is 11.7. The summed E-state index contributed by atoms with van der Waals surface area (Å²) >= 11 is 0. The van der Waals surface area contributed by atoms with Crippen LogP contribution in [0.5, 0.6) is 0 Å². The summed E-state index contributed by atoms with van der Waals surface area (Å²) in [6, 6.07) is 11.3. The second-order valence-electron chi connectivity index (χ2n) is 5.79. The molecule has 1 saturated heterocycles. The van der Waals surface area contributed by atoms with Gasteiger partial charge in [0.1, 0.15) is 0 Å². The molecule has 1 aromatic rings. The number of nitrogens with zero attached hydrogens (tertiary/aromatic N) is 1. The van der Waals surface area contributed by atoms with Crippen LogP contribution in [0, 0.1) is 5.41 Å². The largest absolute Gasteiger partial charge is 0.327 e. The molecule has 1 aliphatic heterocycles. The molecule has 1 saturated carbocycles. The SMILES string of the molecule is NC1CC12CCCN(Cc1ccccc1)CC2. The molecule has 2 nitrogen and oxygen atoms in total. The highest BCUT2D eigenvalue weighted by Gasteiger charge is 2.51. The Labute approximate surface area is 104 Å². The predicted molar refractivity (Wildman–Crippen MR) is 70.6 cm³/mol. The molecule has 0 amide bonds. The van der Waals surface area contributed by atoms with E-state index in [-0.39, 0.29) is 0 Å². The van der Waals surface area contributed by atoms with Crippen LogP contribution in [0.25, 0.3) is 0 Å². The van der Waals surface area contributed by atoms with Gasteiger partial charge in [0, 0.05) is 12.6 Å². The van der Waals surface area contributed by atoms with E-state index in [9.17, 15) is 0 Å². The van der Waals surface area contributed by atoms with Crippen molar-refractivity contribution < 1.29 is 0 Å². The fraction of sp³-hybridized carbons (Fsp3) is 0.600. The van der Waals surface area contributed by atoms with E-state index >= 15 is 0 Å². The van der Waals surface area contributed by atoms with E-state index in [0.717, 1.165) is 6.54 Å². The van der Waals surface area contributed by atoms with Crippen LogP contribution >= 0.6 is 0 Å². The molecule has 1 aliphatic carbocycles. The Bertz CT molecular complexity index is 376. The van der Waals surface area contributed by atoms with Gasteiger partial charge in [-0.2, -0.15) is 0 Å². The molecule has 1 spiro atoms. The van der Waals surface area contributed by atoms with Crippen molar-refractivity contribution in [3.8, 4) is 0 Å². The average molecular weight is 230 g/mol. The maximum Gasteiger partial charge on any atom is 0.0233 e. The third-order valence-corrected chi connectivity index (χ3v) is 4.58. The lowest BCUT2D eigenvalue weighted by Crippen LogP contribution is -2.24. The molecule has 1 aromatic carbocycles. The van der Waals surface area contributed by atoms with E-state index < -0.39 is 0 Å². The Morgan fingerprint density at radius 3 is 2.65 bits per heavy atom. The highest BCUT2D eigenvalue weighted by Crippen LogP contribution is 2.52. The first-order chi connectivity index (χ1) is 8.28. The lowest BCUT2D eigenvalue weighted by Gasteiger charge is -2.20. The summed E-state index contributed by atoms with van der Waals surface area (Å²) in [7, 11) is 0. The third-order valence-electron chi connectivity index (χ3n) is 4.58. The van der Waals surface area contributed by atoms with E-state index in [1.165, 1.54) is 44.3 Å². The number of rotatable bonds is 2. The second-order valence-corrected chi connectivity index (χ2v) is 5.79. The smallest absolute Gasteiger partial charge is 0.0233 e. The number of hydrogen-bond donors (Lipinski definition) is 1. The molecule has 0 bridgehead atoms. The molecule has 92 valence electrons. The summed E-state index contributed by atoms with van der Waals surface area (Å²) in [4.78, 5) is 2.59. The average Bonchev–Trinajstić information content (AvgIpc) is 3.03. The molecule has 2 fully saturated rings. The lowest BCUT2D eigenvalue weighted by atomic mass is 9.97. The summed E-state index contributed by atoms with van der Waals surface area (Å²) in [6.45, 7) is 3.57. The van der Waals surface area contributed by atoms with Gasteiger partial charge in [0.25, 0.3) is 0 Å². The fourth-order valence-electron chi connectivity index (χ4n) is 3.23. The number of benzene rings is 1. The van der Waals surface area contributed by atoms with E-state index in [0.29, 0.717) is 11.5 Å². The quantitative estimate of drug-likeness (QED) is 0.845. The van der Waals surface area contributed by atoms with Crippen LogP contribution in [0.1, 0.15) is 31.2 Å². The molecule has 2 unspecified atom stereocenters. The van der Waals surface area contributed by atoms with Gasteiger partial charge in [-0.1, -0.05) is 30.3 Å². The minimum atomic E-state index is 0.499. The second kappa shape index (κ2) is 4.43. The monoisotopic (exact) mass is 230 g/mol. The maximum absolute atomic E-state index is 6.08. The highest BCUT2D eigenvalue weighted by atomic mass is 15.1. The van der Waals surface area contributed by atoms with Crippen LogP contribution in [0.3, 0.4) is 0 Å². The van der Waals surface area contributed by atoms with Crippen LogP contribution in [-0.4, -0.2) is 24.0 Å². The summed E-state index contributed by atoms with van der Waals surface area (Å²) in [6.07, 6.45) is 5.24. The zero-order valence-electron chi connectivity index (χ0n) is 10.4. The summed E-state index contributed by atoms with van der Waals surface area (Å²) in [5, 5.41) is 0. The Morgan fingerprint density at radius 2 is 1.94 bits per heavy atom. The Morgan fingerprint density at radius 1 is 1.18 bits per heavy atom. The minimum absolute atomic E-state index is 0.499. The van der Waals surface area contributed by atoms with E-state index in [2.05, 4.69) is 35.2 Å². The van der Waals surface area contributed by atoms with Crippen LogP contribution in [0.15, 0.2) is 30.3 Å². The molecular weight excluding hydrogens is 208 g/mol. The topological polar surface area (TPSA) is 29.3 Å². The molecule has 0 aromatic heterocycles. The van der Waals surface area contributed by atoms with Crippen LogP contribution in [0.4, 0.5) is 0 Å². The summed E-state index contributed by atoms with van der Waals surface area (Å²) in [5.41, 5.74) is 8.05. The maximum atomic E-state index is 6.08. The van der Waals surface area contributed by atoms with Crippen molar-refractivity contribution in [3.63, 3.8) is 0 Å². The fourth-order valence-corrected chi connectivity index (χ4v) is 3.23. The zero-order valence-corrected chi connectivity index (χ0v) is 10.4. The molecule has 2 atom stereocenters. The van der Waals surface area contributed by atoms with Gasteiger partial charge < -0.3 is 5.73 Å². The number of nitrogens with two attached hydrogens (primary N) is 1. The Hall–Kier alpha value is -0.860. The molecule has 2 aliphatic rings. The van der Waals surface area contributed by atoms with Gasteiger partial charge in [0.2, 0.25) is 0 Å². The van der Waals surface area contributed by atoms with Crippen molar-refractivity contribution in [2.45, 2.75) is 38.3 Å². The molecule has 2 N–H and O–H groups in total. The number of hydrogen-bond acceptors (Lipinski definition) is 2. The molecular formula is C15H22N2. The third kappa shape index (κ3) is 2.38. The van der Waals surface area contributed by atoms with Crippen LogP contribution in [-0.2, 0) is 6.54 Å². The Kier molecular flexibility index (Phi) is 2.93. The molecule has 17 heavy (non-hydrogen) atoms. The molecule has 0 radical (unpaired) electrons.